The molecule has 1 aliphatic heterocycles. The molecule has 1 heterocycles. The summed E-state index contributed by atoms with van der Waals surface area (Å²) in [6.45, 7) is 0.210. The summed E-state index contributed by atoms with van der Waals surface area (Å²) in [6.07, 6.45) is -0.582. The lowest BCUT2D eigenvalue weighted by Crippen LogP contribution is -2.19. The van der Waals surface area contributed by atoms with Crippen molar-refractivity contribution in [1.82, 2.24) is 0 Å². The van der Waals surface area contributed by atoms with Gasteiger partial charge in [0.05, 0.1) is 6.61 Å². The summed E-state index contributed by atoms with van der Waals surface area (Å²) in [6, 6.07) is 18.3. The fourth-order valence-electron chi connectivity index (χ4n) is 2.88. The van der Waals surface area contributed by atoms with Crippen LogP contribution in [0.25, 0.3) is 0 Å². The maximum absolute atomic E-state index is 13.9. The number of hydrogen-bond donors (Lipinski definition) is 0. The highest BCUT2D eigenvalue weighted by molar-refractivity contribution is 5.43. The Labute approximate surface area is 149 Å². The molecule has 0 saturated heterocycles. The molecule has 0 fully saturated rings. The molecule has 3 aromatic carbocycles. The minimum atomic E-state index is -0.582. The Morgan fingerprint density at radius 1 is 0.962 bits per heavy atom. The number of para-hydroxylation sites is 1. The minimum Gasteiger partial charge on any atom is -0.486 e. The Morgan fingerprint density at radius 2 is 1.73 bits per heavy atom. The highest BCUT2D eigenvalue weighted by Gasteiger charge is 2.25. The fraction of sp³-hybridized carbons (Fsp3) is 0.143. The van der Waals surface area contributed by atoms with E-state index in [4.69, 9.17) is 14.2 Å². The third-order valence-electron chi connectivity index (χ3n) is 4.11. The van der Waals surface area contributed by atoms with Gasteiger partial charge in [0.15, 0.2) is 11.6 Å². The summed E-state index contributed by atoms with van der Waals surface area (Å²) in [5, 5.41) is 0. The summed E-state index contributed by atoms with van der Waals surface area (Å²) in [5.74, 6) is -0.259. The van der Waals surface area contributed by atoms with Crippen LogP contribution in [-0.4, -0.2) is 0 Å². The summed E-state index contributed by atoms with van der Waals surface area (Å²) in [7, 11) is 0. The molecule has 0 aromatic heterocycles. The number of ether oxygens (including phenoxy) is 3. The van der Waals surface area contributed by atoms with Crippen LogP contribution < -0.4 is 9.47 Å². The highest BCUT2D eigenvalue weighted by atomic mass is 19.1. The molecule has 132 valence electrons. The third-order valence-corrected chi connectivity index (χ3v) is 4.11. The Bertz CT molecular complexity index is 912. The smallest absolute Gasteiger partial charge is 0.227 e. The molecular weight excluding hydrogens is 338 g/mol. The predicted molar refractivity (Wildman–Crippen MR) is 91.7 cm³/mol. The van der Waals surface area contributed by atoms with E-state index in [1.54, 1.807) is 12.1 Å². The molecule has 0 aliphatic carbocycles. The molecule has 1 aliphatic rings. The number of fused-ring (bicyclic) bond motifs is 1. The topological polar surface area (TPSA) is 27.7 Å². The first-order valence-electron chi connectivity index (χ1n) is 8.22. The lowest BCUT2D eigenvalue weighted by Gasteiger charge is -2.28. The quantitative estimate of drug-likeness (QED) is 0.648. The first kappa shape index (κ1) is 16.5. The fourth-order valence-corrected chi connectivity index (χ4v) is 2.88. The zero-order valence-electron chi connectivity index (χ0n) is 13.8. The Kier molecular flexibility index (Phi) is 4.54. The van der Waals surface area contributed by atoms with Gasteiger partial charge in [-0.1, -0.05) is 42.5 Å². The van der Waals surface area contributed by atoms with Gasteiger partial charge in [0.25, 0.3) is 0 Å². The zero-order chi connectivity index (χ0) is 17.9. The average Bonchev–Trinajstić information content (AvgIpc) is 2.67. The van der Waals surface area contributed by atoms with E-state index in [1.165, 1.54) is 24.3 Å². The van der Waals surface area contributed by atoms with Crippen molar-refractivity contribution in [3.63, 3.8) is 0 Å². The van der Waals surface area contributed by atoms with Crippen LogP contribution in [0.2, 0.25) is 0 Å². The van der Waals surface area contributed by atoms with E-state index in [1.807, 2.05) is 30.3 Å². The monoisotopic (exact) mass is 354 g/mol. The standard InChI is InChI=1S/C21H16F2O3/c22-17-10-15(12-24-19-9-5-4-8-18(19)23)20-16(11-17)13-25-21(26-20)14-6-2-1-3-7-14/h1-11,21H,12-13H2/t21-/m0/s1. The molecule has 0 spiro atoms. The van der Waals surface area contributed by atoms with Crippen molar-refractivity contribution < 1.29 is 23.0 Å². The molecule has 0 unspecified atom stereocenters. The second-order valence-electron chi connectivity index (χ2n) is 5.94. The highest BCUT2D eigenvalue weighted by Crippen LogP contribution is 2.37. The van der Waals surface area contributed by atoms with Gasteiger partial charge in [0.2, 0.25) is 6.29 Å². The normalized spacial score (nSPS) is 15.8. The van der Waals surface area contributed by atoms with E-state index < -0.39 is 17.9 Å². The van der Waals surface area contributed by atoms with E-state index >= 15 is 0 Å². The molecule has 26 heavy (non-hydrogen) atoms. The van der Waals surface area contributed by atoms with Gasteiger partial charge in [-0.15, -0.1) is 0 Å². The van der Waals surface area contributed by atoms with Crippen LogP contribution in [-0.2, 0) is 18.0 Å². The first-order chi connectivity index (χ1) is 12.7. The first-order valence-corrected chi connectivity index (χ1v) is 8.22. The molecule has 3 nitrogen and oxygen atoms in total. The van der Waals surface area contributed by atoms with Crippen LogP contribution >= 0.6 is 0 Å². The minimum absolute atomic E-state index is 0.0114. The van der Waals surface area contributed by atoms with Gasteiger partial charge in [-0.05, 0) is 24.3 Å². The van der Waals surface area contributed by atoms with E-state index in [0.29, 0.717) is 16.9 Å². The van der Waals surface area contributed by atoms with Crippen molar-refractivity contribution in [2.24, 2.45) is 0 Å². The second-order valence-corrected chi connectivity index (χ2v) is 5.94. The van der Waals surface area contributed by atoms with Crippen LogP contribution in [0.1, 0.15) is 23.0 Å². The molecule has 3 aromatic rings. The van der Waals surface area contributed by atoms with Crippen molar-refractivity contribution in [2.75, 3.05) is 0 Å². The Hall–Kier alpha value is -2.92. The number of rotatable bonds is 4. The third kappa shape index (κ3) is 3.39. The Balaban J connectivity index is 1.60. The molecular formula is C21H16F2O3. The maximum Gasteiger partial charge on any atom is 0.227 e. The number of benzene rings is 3. The average molecular weight is 354 g/mol. The van der Waals surface area contributed by atoms with Crippen molar-refractivity contribution in [2.45, 2.75) is 19.5 Å². The van der Waals surface area contributed by atoms with Gasteiger partial charge in [-0.2, -0.15) is 0 Å². The van der Waals surface area contributed by atoms with Gasteiger partial charge < -0.3 is 14.2 Å². The second kappa shape index (κ2) is 7.14. The van der Waals surface area contributed by atoms with E-state index in [2.05, 4.69) is 0 Å². The van der Waals surface area contributed by atoms with Gasteiger partial charge in [0.1, 0.15) is 18.2 Å². The molecule has 5 heteroatoms. The van der Waals surface area contributed by atoms with Gasteiger partial charge in [0, 0.05) is 16.7 Å². The lowest BCUT2D eigenvalue weighted by atomic mass is 10.1. The van der Waals surface area contributed by atoms with Crippen molar-refractivity contribution in [3.05, 3.63) is 95.1 Å². The summed E-state index contributed by atoms with van der Waals surface area (Å²) < 4.78 is 44.9. The predicted octanol–water partition coefficient (Wildman–Crippen LogP) is 5.15. The summed E-state index contributed by atoms with van der Waals surface area (Å²) in [4.78, 5) is 0. The molecule has 0 radical (unpaired) electrons. The van der Waals surface area contributed by atoms with Crippen molar-refractivity contribution >= 4 is 0 Å². The summed E-state index contributed by atoms with van der Waals surface area (Å²) >= 11 is 0. The maximum atomic E-state index is 13.9. The van der Waals surface area contributed by atoms with E-state index in [-0.39, 0.29) is 19.0 Å². The molecule has 0 N–H and O–H groups in total. The molecule has 0 bridgehead atoms. The van der Waals surface area contributed by atoms with Crippen LogP contribution in [0.4, 0.5) is 8.78 Å². The summed E-state index contributed by atoms with van der Waals surface area (Å²) in [5.41, 5.74) is 1.97. The largest absolute Gasteiger partial charge is 0.486 e. The van der Waals surface area contributed by atoms with Crippen LogP contribution in [0.5, 0.6) is 11.5 Å². The van der Waals surface area contributed by atoms with Crippen molar-refractivity contribution in [1.29, 1.82) is 0 Å². The van der Waals surface area contributed by atoms with Gasteiger partial charge >= 0.3 is 0 Å². The van der Waals surface area contributed by atoms with Gasteiger partial charge in [-0.3, -0.25) is 0 Å². The molecule has 0 amide bonds. The molecule has 4 rings (SSSR count). The van der Waals surface area contributed by atoms with E-state index in [9.17, 15) is 8.78 Å². The van der Waals surface area contributed by atoms with E-state index in [0.717, 1.165) is 5.56 Å². The lowest BCUT2D eigenvalue weighted by molar-refractivity contribution is -0.112. The van der Waals surface area contributed by atoms with Gasteiger partial charge in [-0.25, -0.2) is 8.78 Å². The van der Waals surface area contributed by atoms with Crippen molar-refractivity contribution in [3.8, 4) is 11.5 Å². The van der Waals surface area contributed by atoms with Crippen LogP contribution in [0.15, 0.2) is 66.7 Å². The molecule has 0 saturated carbocycles. The van der Waals surface area contributed by atoms with Crippen LogP contribution in [0, 0.1) is 11.6 Å². The SMILES string of the molecule is Fc1cc(COc2ccccc2F)c2c(c1)CO[C@H](c1ccccc1)O2. The Morgan fingerprint density at radius 3 is 2.54 bits per heavy atom. The molecule has 1 atom stereocenters. The number of hydrogen-bond acceptors (Lipinski definition) is 3. The number of halogens is 2. The zero-order valence-corrected chi connectivity index (χ0v) is 13.8. The van der Waals surface area contributed by atoms with Crippen LogP contribution in [0.3, 0.4) is 0 Å².